The van der Waals surface area contributed by atoms with E-state index < -0.39 is 18.3 Å². The Bertz CT molecular complexity index is 355. The van der Waals surface area contributed by atoms with Crippen LogP contribution in [0.25, 0.3) is 0 Å². The summed E-state index contributed by atoms with van der Waals surface area (Å²) in [4.78, 5) is 0. The van der Waals surface area contributed by atoms with Crippen LogP contribution in [0.3, 0.4) is 0 Å². The molecule has 7 heteroatoms. The maximum atomic E-state index is 9.70. The zero-order valence-electron chi connectivity index (χ0n) is 16.7. The molecular formula is C19H38O7. The maximum Gasteiger partial charge on any atom is 0.158 e. The van der Waals surface area contributed by atoms with Gasteiger partial charge in [0.15, 0.2) is 6.29 Å². The first kappa shape index (κ1) is 23.8. The van der Waals surface area contributed by atoms with E-state index >= 15 is 0 Å². The maximum absolute atomic E-state index is 9.70. The first-order valence-electron chi connectivity index (χ1n) is 10.00. The molecule has 0 spiro atoms. The Kier molecular flexibility index (Phi) is 11.9. The smallest absolute Gasteiger partial charge is 0.158 e. The standard InChI is InChI=1S/C11H20O4.C6H12O3.C2H6/c1-8-3-2-4-11(14-8)15-10-7-13-6-5-9(10)12;1-4-2-5(7)6(8)3-9-4;1-2/h8-12H,2-7H2,1H3;4-8H,2-3H2,1H3;1-2H3. The van der Waals surface area contributed by atoms with Gasteiger partial charge in [0.1, 0.15) is 12.2 Å². The Balaban J connectivity index is 0.000000263. The normalized spacial score (nSPS) is 40.5. The van der Waals surface area contributed by atoms with Gasteiger partial charge in [-0.3, -0.25) is 0 Å². The molecule has 3 aliphatic rings. The number of hydrogen-bond donors (Lipinski definition) is 3. The van der Waals surface area contributed by atoms with Crippen LogP contribution in [0.5, 0.6) is 0 Å². The van der Waals surface area contributed by atoms with E-state index in [2.05, 4.69) is 6.92 Å². The van der Waals surface area contributed by atoms with E-state index in [1.807, 2.05) is 20.8 Å². The van der Waals surface area contributed by atoms with Crippen LogP contribution in [-0.2, 0) is 18.9 Å². The van der Waals surface area contributed by atoms with Crippen molar-refractivity contribution in [3.63, 3.8) is 0 Å². The molecule has 7 atom stereocenters. The molecule has 3 heterocycles. The monoisotopic (exact) mass is 378 g/mol. The highest BCUT2D eigenvalue weighted by Gasteiger charge is 2.29. The molecule has 3 N–H and O–H groups in total. The summed E-state index contributed by atoms with van der Waals surface area (Å²) < 4.78 is 21.7. The minimum Gasteiger partial charge on any atom is -0.390 e. The lowest BCUT2D eigenvalue weighted by Crippen LogP contribution is -2.43. The number of aliphatic hydroxyl groups excluding tert-OH is 3. The predicted octanol–water partition coefficient (Wildman–Crippen LogP) is 1.61. The SMILES string of the molecule is CC.CC1CC(O)C(O)CO1.CC1CCCC(OC2COCCC2O)O1. The van der Waals surface area contributed by atoms with Gasteiger partial charge >= 0.3 is 0 Å². The first-order valence-corrected chi connectivity index (χ1v) is 10.00. The largest absolute Gasteiger partial charge is 0.390 e. The van der Waals surface area contributed by atoms with Crippen LogP contribution in [0.1, 0.15) is 59.8 Å². The molecule has 0 saturated carbocycles. The van der Waals surface area contributed by atoms with Gasteiger partial charge in [0, 0.05) is 13.0 Å². The van der Waals surface area contributed by atoms with Gasteiger partial charge in [-0.25, -0.2) is 0 Å². The molecule has 0 aromatic rings. The molecular weight excluding hydrogens is 340 g/mol. The molecule has 26 heavy (non-hydrogen) atoms. The van der Waals surface area contributed by atoms with E-state index in [1.54, 1.807) is 0 Å². The molecule has 3 rings (SSSR count). The predicted molar refractivity (Wildman–Crippen MR) is 97.9 cm³/mol. The summed E-state index contributed by atoms with van der Waals surface area (Å²) >= 11 is 0. The van der Waals surface area contributed by atoms with Crippen LogP contribution in [0, 0.1) is 0 Å². The number of rotatable bonds is 2. The fourth-order valence-corrected chi connectivity index (χ4v) is 3.03. The van der Waals surface area contributed by atoms with Crippen molar-refractivity contribution in [2.75, 3.05) is 19.8 Å². The summed E-state index contributed by atoms with van der Waals surface area (Å²) in [5.41, 5.74) is 0. The Morgan fingerprint density at radius 2 is 1.58 bits per heavy atom. The summed E-state index contributed by atoms with van der Waals surface area (Å²) in [6.45, 7) is 9.32. The summed E-state index contributed by atoms with van der Waals surface area (Å²) in [6.07, 6.45) is 2.67. The van der Waals surface area contributed by atoms with E-state index in [4.69, 9.17) is 29.2 Å². The van der Waals surface area contributed by atoms with Gasteiger partial charge in [-0.15, -0.1) is 0 Å². The minimum atomic E-state index is -0.679. The molecule has 0 aliphatic carbocycles. The molecule has 7 unspecified atom stereocenters. The van der Waals surface area contributed by atoms with E-state index in [-0.39, 0.29) is 31.2 Å². The Morgan fingerprint density at radius 1 is 0.846 bits per heavy atom. The van der Waals surface area contributed by atoms with Crippen molar-refractivity contribution in [3.05, 3.63) is 0 Å². The second-order valence-electron chi connectivity index (χ2n) is 6.93. The van der Waals surface area contributed by atoms with Gasteiger partial charge in [-0.2, -0.15) is 0 Å². The molecule has 7 nitrogen and oxygen atoms in total. The zero-order valence-corrected chi connectivity index (χ0v) is 16.7. The molecule has 0 aromatic heterocycles. The highest BCUT2D eigenvalue weighted by molar-refractivity contribution is 4.75. The van der Waals surface area contributed by atoms with Crippen molar-refractivity contribution < 1.29 is 34.3 Å². The molecule has 3 fully saturated rings. The average Bonchev–Trinajstić information content (AvgIpc) is 2.63. The topological polar surface area (TPSA) is 97.6 Å². The van der Waals surface area contributed by atoms with Gasteiger partial charge in [0.25, 0.3) is 0 Å². The fraction of sp³-hybridized carbons (Fsp3) is 1.00. The number of hydrogen-bond acceptors (Lipinski definition) is 7. The van der Waals surface area contributed by atoms with Crippen LogP contribution in [0.4, 0.5) is 0 Å². The third-order valence-corrected chi connectivity index (χ3v) is 4.60. The van der Waals surface area contributed by atoms with Gasteiger partial charge < -0.3 is 34.3 Å². The van der Waals surface area contributed by atoms with Crippen molar-refractivity contribution >= 4 is 0 Å². The molecule has 156 valence electrons. The van der Waals surface area contributed by atoms with E-state index in [0.29, 0.717) is 26.1 Å². The lowest BCUT2D eigenvalue weighted by molar-refractivity contribution is -0.243. The minimum absolute atomic E-state index is 0.0865. The van der Waals surface area contributed by atoms with Gasteiger partial charge in [0.2, 0.25) is 0 Å². The van der Waals surface area contributed by atoms with Crippen LogP contribution in [-0.4, -0.2) is 78.1 Å². The third-order valence-electron chi connectivity index (χ3n) is 4.60. The van der Waals surface area contributed by atoms with Crippen molar-refractivity contribution in [1.29, 1.82) is 0 Å². The van der Waals surface area contributed by atoms with Crippen molar-refractivity contribution in [1.82, 2.24) is 0 Å². The highest BCUT2D eigenvalue weighted by Crippen LogP contribution is 2.23. The third kappa shape index (κ3) is 8.61. The van der Waals surface area contributed by atoms with Crippen LogP contribution in [0.2, 0.25) is 0 Å². The van der Waals surface area contributed by atoms with Crippen LogP contribution < -0.4 is 0 Å². The molecule has 0 radical (unpaired) electrons. The van der Waals surface area contributed by atoms with Crippen molar-refractivity contribution in [2.24, 2.45) is 0 Å². The highest BCUT2D eigenvalue weighted by atomic mass is 16.7. The summed E-state index contributed by atoms with van der Waals surface area (Å²) in [5, 5.41) is 27.6. The lowest BCUT2D eigenvalue weighted by Gasteiger charge is -2.34. The van der Waals surface area contributed by atoms with Crippen LogP contribution >= 0.6 is 0 Å². The van der Waals surface area contributed by atoms with E-state index in [1.165, 1.54) is 0 Å². The summed E-state index contributed by atoms with van der Waals surface area (Å²) in [6, 6.07) is 0. The van der Waals surface area contributed by atoms with Crippen molar-refractivity contribution in [3.8, 4) is 0 Å². The summed E-state index contributed by atoms with van der Waals surface area (Å²) in [5.74, 6) is 0. The van der Waals surface area contributed by atoms with Crippen molar-refractivity contribution in [2.45, 2.75) is 103 Å². The zero-order chi connectivity index (χ0) is 19.5. The quantitative estimate of drug-likeness (QED) is 0.671. The average molecular weight is 379 g/mol. The molecule has 3 saturated heterocycles. The molecule has 0 bridgehead atoms. The van der Waals surface area contributed by atoms with E-state index in [9.17, 15) is 5.11 Å². The van der Waals surface area contributed by atoms with Gasteiger partial charge in [0.05, 0.1) is 37.6 Å². The second kappa shape index (κ2) is 13.0. The Hall–Kier alpha value is -0.280. The Labute approximate surface area is 157 Å². The Morgan fingerprint density at radius 3 is 2.15 bits per heavy atom. The summed E-state index contributed by atoms with van der Waals surface area (Å²) in [7, 11) is 0. The van der Waals surface area contributed by atoms with E-state index in [0.717, 1.165) is 19.3 Å². The lowest BCUT2D eigenvalue weighted by atomic mass is 10.1. The fourth-order valence-electron chi connectivity index (χ4n) is 3.03. The van der Waals surface area contributed by atoms with Gasteiger partial charge in [-0.05, 0) is 39.5 Å². The molecule has 0 amide bonds. The first-order chi connectivity index (χ1) is 12.5. The van der Waals surface area contributed by atoms with Gasteiger partial charge in [-0.1, -0.05) is 13.8 Å². The number of aliphatic hydroxyl groups is 3. The molecule has 0 aromatic carbocycles. The van der Waals surface area contributed by atoms with Crippen LogP contribution in [0.15, 0.2) is 0 Å². The molecule has 3 aliphatic heterocycles. The second-order valence-corrected chi connectivity index (χ2v) is 6.93. The number of ether oxygens (including phenoxy) is 4.